The number of carbonyl (C=O) groups excluding carboxylic acids is 7. The standard InChI is InChI=1S/C35H45N7O8/c1-20(2)31-35(49)38-21(3)19-50-27-11-5-4-10-24(27)32(46)40-26(16-29(44)39-25(15-28(36)43)34(48)41-31)33(47)37-17-22-8-6-9-23(14-22)18-42-13-7-12-30(42)45/h4-6,8-11,14,20-21,25-26,31H,7,12-13,15-19H2,1-3H3,(H2,36,43)(H,37,47)(H,38,49)(H,39,44)(H,40,46)(H,41,48)/t21-,25-,26-,31+/m0/s1. The first-order valence-corrected chi connectivity index (χ1v) is 16.6. The quantitative estimate of drug-likeness (QED) is 0.221. The summed E-state index contributed by atoms with van der Waals surface area (Å²) in [7, 11) is 0. The average molecular weight is 692 g/mol. The van der Waals surface area contributed by atoms with Crippen LogP contribution in [0.15, 0.2) is 48.5 Å². The maximum absolute atomic E-state index is 13.6. The van der Waals surface area contributed by atoms with Gasteiger partial charge in [0.15, 0.2) is 0 Å². The zero-order chi connectivity index (χ0) is 36.4. The van der Waals surface area contributed by atoms with Gasteiger partial charge in [-0.25, -0.2) is 0 Å². The number of para-hydroxylation sites is 1. The number of nitrogens with two attached hydrogens (primary N) is 1. The molecular formula is C35H45N7O8. The van der Waals surface area contributed by atoms with Gasteiger partial charge in [0.05, 0.1) is 24.4 Å². The molecule has 0 bridgehead atoms. The van der Waals surface area contributed by atoms with Crippen LogP contribution in [0.4, 0.5) is 0 Å². The number of hydrogen-bond donors (Lipinski definition) is 6. The van der Waals surface area contributed by atoms with Crippen molar-refractivity contribution in [2.45, 2.75) is 83.7 Å². The number of amides is 7. The fourth-order valence-corrected chi connectivity index (χ4v) is 5.69. The molecule has 0 unspecified atom stereocenters. The summed E-state index contributed by atoms with van der Waals surface area (Å²) in [6.07, 6.45) is 0.152. The van der Waals surface area contributed by atoms with E-state index in [-0.39, 0.29) is 36.3 Å². The highest BCUT2D eigenvalue weighted by molar-refractivity contribution is 6.01. The minimum absolute atomic E-state index is 0.0337. The van der Waals surface area contributed by atoms with E-state index in [1.807, 2.05) is 18.2 Å². The molecule has 0 aromatic heterocycles. The van der Waals surface area contributed by atoms with Gasteiger partial charge in [0.2, 0.25) is 35.4 Å². The van der Waals surface area contributed by atoms with Crippen molar-refractivity contribution in [1.82, 2.24) is 31.5 Å². The number of nitrogens with zero attached hydrogens (tertiary/aromatic N) is 1. The Morgan fingerprint density at radius 3 is 2.40 bits per heavy atom. The molecule has 2 aromatic carbocycles. The summed E-state index contributed by atoms with van der Waals surface area (Å²) in [6, 6.07) is 9.23. The molecule has 7 amide bonds. The maximum atomic E-state index is 13.6. The largest absolute Gasteiger partial charge is 0.491 e. The molecule has 4 rings (SSSR count). The van der Waals surface area contributed by atoms with Crippen LogP contribution >= 0.6 is 0 Å². The van der Waals surface area contributed by atoms with Crippen LogP contribution in [0.25, 0.3) is 0 Å². The highest BCUT2D eigenvalue weighted by atomic mass is 16.5. The lowest BCUT2D eigenvalue weighted by atomic mass is 10.0. The molecule has 2 aliphatic rings. The van der Waals surface area contributed by atoms with Crippen LogP contribution in [0.5, 0.6) is 5.75 Å². The minimum atomic E-state index is -1.46. The topological polar surface area (TPSA) is 218 Å². The Bertz CT molecular complexity index is 1610. The second-order valence-electron chi connectivity index (χ2n) is 12.9. The predicted molar refractivity (Wildman–Crippen MR) is 181 cm³/mol. The van der Waals surface area contributed by atoms with Gasteiger partial charge in [-0.15, -0.1) is 0 Å². The number of fused-ring (bicyclic) bond motifs is 1. The number of carbonyl (C=O) groups is 7. The first kappa shape index (κ1) is 37.4. The van der Waals surface area contributed by atoms with E-state index in [0.29, 0.717) is 19.5 Å². The lowest BCUT2D eigenvalue weighted by molar-refractivity contribution is -0.135. The first-order chi connectivity index (χ1) is 23.8. The number of primary amides is 1. The van der Waals surface area contributed by atoms with Gasteiger partial charge >= 0.3 is 0 Å². The van der Waals surface area contributed by atoms with Crippen LogP contribution in [0.3, 0.4) is 0 Å². The molecule has 50 heavy (non-hydrogen) atoms. The van der Waals surface area contributed by atoms with E-state index in [4.69, 9.17) is 10.5 Å². The van der Waals surface area contributed by atoms with Crippen molar-refractivity contribution < 1.29 is 38.3 Å². The van der Waals surface area contributed by atoms with Crippen LogP contribution in [0.1, 0.15) is 67.9 Å². The average Bonchev–Trinajstić information content (AvgIpc) is 3.47. The predicted octanol–water partition coefficient (Wildman–Crippen LogP) is 0.0120. The van der Waals surface area contributed by atoms with Crippen molar-refractivity contribution in [3.05, 3.63) is 65.2 Å². The summed E-state index contributed by atoms with van der Waals surface area (Å²) in [5.41, 5.74) is 7.09. The second-order valence-corrected chi connectivity index (χ2v) is 12.9. The Balaban J connectivity index is 1.59. The number of likely N-dealkylation sites (tertiary alicyclic amines) is 1. The van der Waals surface area contributed by atoms with Crippen molar-refractivity contribution in [3.63, 3.8) is 0 Å². The van der Waals surface area contributed by atoms with E-state index in [1.54, 1.807) is 49.9 Å². The summed E-state index contributed by atoms with van der Waals surface area (Å²) in [5.74, 6) is -4.57. The van der Waals surface area contributed by atoms with Gasteiger partial charge in [0, 0.05) is 26.1 Å². The van der Waals surface area contributed by atoms with E-state index < -0.39 is 72.5 Å². The number of nitrogens with one attached hydrogen (secondary N) is 5. The maximum Gasteiger partial charge on any atom is 0.255 e. The van der Waals surface area contributed by atoms with Crippen LogP contribution in [-0.4, -0.2) is 83.6 Å². The highest BCUT2D eigenvalue weighted by Gasteiger charge is 2.32. The van der Waals surface area contributed by atoms with Crippen LogP contribution < -0.4 is 37.1 Å². The zero-order valence-electron chi connectivity index (χ0n) is 28.5. The third-order valence-electron chi connectivity index (χ3n) is 8.33. The molecule has 7 N–H and O–H groups in total. The molecule has 0 radical (unpaired) electrons. The van der Waals surface area contributed by atoms with Gasteiger partial charge < -0.3 is 42.0 Å². The SMILES string of the molecule is CC(C)[C@H]1NC(=O)[C@H](CC(N)=O)NC(=O)C[C@@H](C(=O)NCc2cccc(CN3CCCC3=O)c2)NC(=O)c2ccccc2OC[C@H](C)NC1=O. The van der Waals surface area contributed by atoms with Gasteiger partial charge in [-0.2, -0.15) is 0 Å². The number of benzene rings is 2. The molecular weight excluding hydrogens is 646 g/mol. The fraction of sp³-hybridized carbons (Fsp3) is 0.457. The summed E-state index contributed by atoms with van der Waals surface area (Å²) < 4.78 is 5.89. The summed E-state index contributed by atoms with van der Waals surface area (Å²) in [4.78, 5) is 92.7. The Morgan fingerprint density at radius 1 is 0.960 bits per heavy atom. The molecule has 1 saturated heterocycles. The van der Waals surface area contributed by atoms with Crippen LogP contribution in [0, 0.1) is 5.92 Å². The lowest BCUT2D eigenvalue weighted by Crippen LogP contribution is -2.57. The van der Waals surface area contributed by atoms with E-state index in [9.17, 15) is 33.6 Å². The summed E-state index contributed by atoms with van der Waals surface area (Å²) in [6.45, 7) is 6.28. The smallest absolute Gasteiger partial charge is 0.255 e. The summed E-state index contributed by atoms with van der Waals surface area (Å²) >= 11 is 0. The van der Waals surface area contributed by atoms with Crippen molar-refractivity contribution in [3.8, 4) is 5.75 Å². The van der Waals surface area contributed by atoms with Crippen molar-refractivity contribution in [2.75, 3.05) is 13.2 Å². The number of hydrogen-bond acceptors (Lipinski definition) is 8. The van der Waals surface area contributed by atoms with Crippen molar-refractivity contribution >= 4 is 41.4 Å². The van der Waals surface area contributed by atoms with Crippen LogP contribution in [-0.2, 0) is 41.9 Å². The summed E-state index contributed by atoms with van der Waals surface area (Å²) in [5, 5.41) is 13.2. The van der Waals surface area contributed by atoms with Gasteiger partial charge in [-0.05, 0) is 42.5 Å². The molecule has 2 heterocycles. The second kappa shape index (κ2) is 17.3. The van der Waals surface area contributed by atoms with E-state index in [1.165, 1.54) is 6.07 Å². The number of rotatable bonds is 8. The molecule has 268 valence electrons. The molecule has 0 spiro atoms. The monoisotopic (exact) mass is 691 g/mol. The number of ether oxygens (including phenoxy) is 1. The molecule has 4 atom stereocenters. The third kappa shape index (κ3) is 10.5. The zero-order valence-corrected chi connectivity index (χ0v) is 28.5. The molecule has 15 heteroatoms. The Morgan fingerprint density at radius 2 is 1.70 bits per heavy atom. The van der Waals surface area contributed by atoms with Gasteiger partial charge in [-0.3, -0.25) is 33.6 Å². The van der Waals surface area contributed by atoms with E-state index in [0.717, 1.165) is 17.5 Å². The van der Waals surface area contributed by atoms with E-state index in [2.05, 4.69) is 26.6 Å². The normalized spacial score (nSPS) is 22.3. The van der Waals surface area contributed by atoms with Crippen molar-refractivity contribution in [2.24, 2.45) is 11.7 Å². The molecule has 2 aliphatic heterocycles. The lowest BCUT2D eigenvalue weighted by Gasteiger charge is -2.26. The van der Waals surface area contributed by atoms with Crippen LogP contribution in [0.2, 0.25) is 0 Å². The molecule has 2 aromatic rings. The van der Waals surface area contributed by atoms with Gasteiger partial charge in [0.25, 0.3) is 5.91 Å². The third-order valence-corrected chi connectivity index (χ3v) is 8.33. The van der Waals surface area contributed by atoms with Gasteiger partial charge in [0.1, 0.15) is 30.5 Å². The van der Waals surface area contributed by atoms with E-state index >= 15 is 0 Å². The first-order valence-electron chi connectivity index (χ1n) is 16.6. The minimum Gasteiger partial charge on any atom is -0.491 e. The molecule has 1 fully saturated rings. The Labute approximate surface area is 290 Å². The van der Waals surface area contributed by atoms with Gasteiger partial charge in [-0.1, -0.05) is 50.2 Å². The Kier molecular flexibility index (Phi) is 12.9. The molecule has 0 aliphatic carbocycles. The molecule has 15 nitrogen and oxygen atoms in total. The molecule has 0 saturated carbocycles. The Hall–Kier alpha value is -5.47. The van der Waals surface area contributed by atoms with Crippen molar-refractivity contribution in [1.29, 1.82) is 0 Å². The highest BCUT2D eigenvalue weighted by Crippen LogP contribution is 2.19. The fourth-order valence-electron chi connectivity index (χ4n) is 5.69.